The number of hydrogen-bond donors (Lipinski definition) is 3. The lowest BCUT2D eigenvalue weighted by molar-refractivity contribution is -0.0212. The molecule has 5 heterocycles. The van der Waals surface area contributed by atoms with Crippen LogP contribution >= 0.6 is 0 Å². The maximum atomic E-state index is 14.7. The lowest BCUT2D eigenvalue weighted by Gasteiger charge is -2.54. The fourth-order valence-electron chi connectivity index (χ4n) is 5.21. The van der Waals surface area contributed by atoms with Gasteiger partial charge in [0.1, 0.15) is 5.69 Å². The number of aliphatic hydroxyl groups excluding tert-OH is 1. The average Bonchev–Trinajstić information content (AvgIpc) is 3.25. The van der Waals surface area contributed by atoms with E-state index in [-0.39, 0.29) is 11.5 Å². The lowest BCUT2D eigenvalue weighted by atomic mass is 9.83. The normalized spacial score (nSPS) is 28.7. The van der Waals surface area contributed by atoms with Crippen LogP contribution in [0.25, 0.3) is 0 Å². The number of H-pyrrole nitrogens is 1. The first-order valence-electron chi connectivity index (χ1n) is 10.00. The quantitative estimate of drug-likeness (QED) is 0.723. The first-order chi connectivity index (χ1) is 13.5. The Balaban J connectivity index is 1.41. The second kappa shape index (κ2) is 6.66. The summed E-state index contributed by atoms with van der Waals surface area (Å²) in [5.74, 6) is 0.307. The summed E-state index contributed by atoms with van der Waals surface area (Å²) in [5.41, 5.74) is 0.854. The van der Waals surface area contributed by atoms with Gasteiger partial charge >= 0.3 is 0 Å². The van der Waals surface area contributed by atoms with Crippen LogP contribution in [0.15, 0.2) is 6.07 Å². The Morgan fingerprint density at radius 3 is 2.71 bits per heavy atom. The minimum absolute atomic E-state index is 0.00591. The number of aliphatic hydroxyl groups is 1. The number of aryl methyl sites for hydroxylation is 1. The van der Waals surface area contributed by atoms with Crippen LogP contribution in [0.3, 0.4) is 0 Å². The molecule has 0 aromatic carbocycles. The van der Waals surface area contributed by atoms with Gasteiger partial charge in [0.2, 0.25) is 5.95 Å². The lowest BCUT2D eigenvalue weighted by Crippen LogP contribution is -2.62. The molecule has 0 amide bonds. The monoisotopic (exact) mass is 387 g/mol. The summed E-state index contributed by atoms with van der Waals surface area (Å²) in [5, 5.41) is 19.4. The number of nitrogens with zero attached hydrogens (tertiary/aromatic N) is 5. The molecule has 3 aliphatic heterocycles. The summed E-state index contributed by atoms with van der Waals surface area (Å²) >= 11 is 0. The van der Waals surface area contributed by atoms with E-state index in [1.807, 2.05) is 14.0 Å². The van der Waals surface area contributed by atoms with Crippen LogP contribution < -0.4 is 10.2 Å². The summed E-state index contributed by atoms with van der Waals surface area (Å²) in [6.07, 6.45) is 6.04. The standard InChI is InChI=1S/C19H26FN7O/c1-10-5-16(25-24-10)22-18-17(20)15(9-28)21-19(23-18)26(2)13-6-11-3-4-12-7-14(8-13)27(11)12/h5,11-14,28H,3-4,6-9H2,1-2H3,(H2,21,22,23,24,25)/t11-,12?,13?,14+/m1/s1. The Kier molecular flexibility index (Phi) is 4.24. The van der Waals surface area contributed by atoms with E-state index >= 15 is 0 Å². The van der Waals surface area contributed by atoms with Crippen LogP contribution in [0, 0.1) is 12.7 Å². The topological polar surface area (TPSA) is 93.2 Å². The molecule has 0 saturated carbocycles. The summed E-state index contributed by atoms with van der Waals surface area (Å²) in [6.45, 7) is 1.39. The molecular formula is C19H26FN7O. The van der Waals surface area contributed by atoms with Crippen LogP contribution in [0.5, 0.6) is 0 Å². The molecule has 8 nitrogen and oxygen atoms in total. The second-order valence-electron chi connectivity index (χ2n) is 8.31. The molecule has 3 fully saturated rings. The Hall–Kier alpha value is -2.26. The largest absolute Gasteiger partial charge is 0.390 e. The van der Waals surface area contributed by atoms with Crippen LogP contribution in [-0.4, -0.2) is 61.4 Å². The Bertz CT molecular complexity index is 887. The third-order valence-corrected chi connectivity index (χ3v) is 6.60. The number of aromatic nitrogens is 4. The highest BCUT2D eigenvalue weighted by atomic mass is 19.1. The van der Waals surface area contributed by atoms with Crippen molar-refractivity contribution in [2.24, 2.45) is 0 Å². The highest BCUT2D eigenvalue weighted by Crippen LogP contribution is 2.46. The van der Waals surface area contributed by atoms with E-state index in [2.05, 4.69) is 35.3 Å². The SMILES string of the molecule is Cc1cc(Nc2nc(N(C)C3C[C@H]4CCC5C[C@@H](C3)N54)nc(CO)c2F)n[nH]1. The van der Waals surface area contributed by atoms with Gasteiger partial charge in [-0.05, 0) is 39.0 Å². The molecule has 2 aromatic heterocycles. The van der Waals surface area contributed by atoms with E-state index in [1.54, 1.807) is 6.07 Å². The van der Waals surface area contributed by atoms with E-state index in [1.165, 1.54) is 19.3 Å². The van der Waals surface area contributed by atoms with Crippen molar-refractivity contribution in [1.82, 2.24) is 25.1 Å². The summed E-state index contributed by atoms with van der Waals surface area (Å²) in [4.78, 5) is 13.5. The Morgan fingerprint density at radius 1 is 1.25 bits per heavy atom. The van der Waals surface area contributed by atoms with E-state index < -0.39 is 12.4 Å². The van der Waals surface area contributed by atoms with Crippen molar-refractivity contribution in [2.75, 3.05) is 17.3 Å². The molecule has 3 saturated heterocycles. The molecule has 3 N–H and O–H groups in total. The van der Waals surface area contributed by atoms with E-state index in [0.717, 1.165) is 24.6 Å². The first kappa shape index (κ1) is 17.8. The zero-order valence-corrected chi connectivity index (χ0v) is 16.2. The smallest absolute Gasteiger partial charge is 0.227 e. The van der Waals surface area contributed by atoms with Crippen LogP contribution in [0.2, 0.25) is 0 Å². The van der Waals surface area contributed by atoms with Gasteiger partial charge in [0, 0.05) is 43.0 Å². The van der Waals surface area contributed by atoms with Crippen LogP contribution in [0.4, 0.5) is 22.0 Å². The third kappa shape index (κ3) is 2.84. The molecule has 0 bridgehead atoms. The molecule has 4 atom stereocenters. The van der Waals surface area contributed by atoms with Gasteiger partial charge in [0.15, 0.2) is 17.5 Å². The minimum Gasteiger partial charge on any atom is -0.390 e. The van der Waals surface area contributed by atoms with Gasteiger partial charge < -0.3 is 15.3 Å². The molecule has 5 rings (SSSR count). The van der Waals surface area contributed by atoms with Gasteiger partial charge in [-0.3, -0.25) is 10.00 Å². The molecular weight excluding hydrogens is 361 g/mol. The van der Waals surface area contributed by atoms with Crippen LogP contribution in [0.1, 0.15) is 43.5 Å². The maximum Gasteiger partial charge on any atom is 0.227 e. The van der Waals surface area contributed by atoms with Gasteiger partial charge in [0.05, 0.1) is 6.61 Å². The first-order valence-corrected chi connectivity index (χ1v) is 10.00. The van der Waals surface area contributed by atoms with E-state index in [0.29, 0.717) is 29.9 Å². The Labute approximate surface area is 163 Å². The third-order valence-electron chi connectivity index (χ3n) is 6.60. The van der Waals surface area contributed by atoms with Crippen molar-refractivity contribution in [2.45, 2.75) is 69.8 Å². The molecule has 9 heteroatoms. The van der Waals surface area contributed by atoms with Gasteiger partial charge in [-0.1, -0.05) is 0 Å². The van der Waals surface area contributed by atoms with Gasteiger partial charge in [0.25, 0.3) is 0 Å². The predicted molar refractivity (Wildman–Crippen MR) is 103 cm³/mol. The molecule has 150 valence electrons. The molecule has 2 unspecified atom stereocenters. The van der Waals surface area contributed by atoms with Gasteiger partial charge in [-0.25, -0.2) is 9.37 Å². The molecule has 2 aromatic rings. The van der Waals surface area contributed by atoms with Gasteiger partial charge in [-0.2, -0.15) is 10.1 Å². The molecule has 28 heavy (non-hydrogen) atoms. The second-order valence-corrected chi connectivity index (χ2v) is 8.31. The number of nitrogens with one attached hydrogen (secondary N) is 2. The summed E-state index contributed by atoms with van der Waals surface area (Å²) in [6, 6.07) is 4.19. The van der Waals surface area contributed by atoms with Crippen molar-refractivity contribution in [3.05, 3.63) is 23.3 Å². The number of halogens is 1. The average molecular weight is 387 g/mol. The van der Waals surface area contributed by atoms with E-state index in [4.69, 9.17) is 0 Å². The van der Waals surface area contributed by atoms with Crippen molar-refractivity contribution in [3.8, 4) is 0 Å². The van der Waals surface area contributed by atoms with Crippen molar-refractivity contribution in [1.29, 1.82) is 0 Å². The number of aromatic amines is 1. The zero-order valence-electron chi connectivity index (χ0n) is 16.2. The highest BCUT2D eigenvalue weighted by Gasteiger charge is 2.51. The van der Waals surface area contributed by atoms with Gasteiger partial charge in [-0.15, -0.1) is 0 Å². The van der Waals surface area contributed by atoms with Crippen molar-refractivity contribution >= 4 is 17.6 Å². The number of anilines is 3. The Morgan fingerprint density at radius 2 is 2.00 bits per heavy atom. The van der Waals surface area contributed by atoms with Crippen LogP contribution in [-0.2, 0) is 6.61 Å². The molecule has 0 spiro atoms. The van der Waals surface area contributed by atoms with Crippen molar-refractivity contribution < 1.29 is 9.50 Å². The number of hydrogen-bond acceptors (Lipinski definition) is 7. The summed E-state index contributed by atoms with van der Waals surface area (Å²) in [7, 11) is 1.97. The summed E-state index contributed by atoms with van der Waals surface area (Å²) < 4.78 is 14.7. The van der Waals surface area contributed by atoms with Crippen molar-refractivity contribution in [3.63, 3.8) is 0 Å². The fraction of sp³-hybridized carbons (Fsp3) is 0.632. The molecule has 0 aliphatic carbocycles. The highest BCUT2D eigenvalue weighted by molar-refractivity contribution is 5.55. The number of rotatable bonds is 5. The van der Waals surface area contributed by atoms with E-state index in [9.17, 15) is 9.50 Å². The molecule has 0 radical (unpaired) electrons. The predicted octanol–water partition coefficient (Wildman–Crippen LogP) is 2.09. The maximum absolute atomic E-state index is 14.7. The number of piperidine rings is 1. The minimum atomic E-state index is -0.646. The zero-order chi connectivity index (χ0) is 19.4. The fourth-order valence-corrected chi connectivity index (χ4v) is 5.21. The molecule has 3 aliphatic rings.